The van der Waals surface area contributed by atoms with E-state index in [0.717, 1.165) is 22.2 Å². The fraction of sp³-hybridized carbons (Fsp3) is 0.238. The molecule has 0 aliphatic carbocycles. The summed E-state index contributed by atoms with van der Waals surface area (Å²) < 4.78 is 42.7. The maximum absolute atomic E-state index is 12.6. The molecule has 0 bridgehead atoms. The molecular weight excluding hydrogens is 494 g/mol. The van der Waals surface area contributed by atoms with Gasteiger partial charge in [-0.15, -0.1) is 0 Å². The molecule has 1 aliphatic rings. The van der Waals surface area contributed by atoms with Gasteiger partial charge < -0.3 is 9.47 Å². The highest BCUT2D eigenvalue weighted by Gasteiger charge is 2.32. The van der Waals surface area contributed by atoms with Gasteiger partial charge in [0.05, 0.1) is 17.3 Å². The Balaban J connectivity index is 1.77. The van der Waals surface area contributed by atoms with E-state index in [-0.39, 0.29) is 17.5 Å². The van der Waals surface area contributed by atoms with Crippen LogP contribution in [-0.2, 0) is 21.5 Å². The summed E-state index contributed by atoms with van der Waals surface area (Å²) in [5.41, 5.74) is 1.53. The number of amides is 1. The molecule has 0 atom stereocenters. The maximum atomic E-state index is 12.6. The first-order valence-electron chi connectivity index (χ1n) is 9.51. The number of rotatable bonds is 9. The van der Waals surface area contributed by atoms with Crippen molar-refractivity contribution in [3.63, 3.8) is 0 Å². The summed E-state index contributed by atoms with van der Waals surface area (Å²) in [5.74, 6) is 0.0408. The summed E-state index contributed by atoms with van der Waals surface area (Å²) in [6.45, 7) is 2.33. The second kappa shape index (κ2) is 10.7. The monoisotopic (exact) mass is 513 g/mol. The zero-order valence-corrected chi connectivity index (χ0v) is 20.2. The Morgan fingerprint density at radius 2 is 1.94 bits per heavy atom. The molecule has 1 amide bonds. The van der Waals surface area contributed by atoms with E-state index in [4.69, 9.17) is 37.8 Å². The Labute approximate surface area is 201 Å². The first-order valence-corrected chi connectivity index (χ1v) is 12.7. The van der Waals surface area contributed by atoms with Crippen molar-refractivity contribution in [1.29, 1.82) is 0 Å². The molecule has 1 saturated heterocycles. The summed E-state index contributed by atoms with van der Waals surface area (Å²) in [7, 11) is -4.20. The Kier molecular flexibility index (Phi) is 8.18. The molecule has 1 N–H and O–H groups in total. The van der Waals surface area contributed by atoms with Crippen LogP contribution in [0, 0.1) is 0 Å². The molecule has 0 saturated carbocycles. The number of hydrogen-bond donors (Lipinski definition) is 1. The minimum Gasteiger partial charge on any atom is -0.490 e. The van der Waals surface area contributed by atoms with Crippen LogP contribution in [0.15, 0.2) is 47.4 Å². The van der Waals surface area contributed by atoms with Crippen LogP contribution >= 0.6 is 35.6 Å². The third kappa shape index (κ3) is 6.46. The van der Waals surface area contributed by atoms with Crippen molar-refractivity contribution in [2.75, 3.05) is 18.9 Å². The van der Waals surface area contributed by atoms with Crippen molar-refractivity contribution in [3.05, 3.63) is 63.5 Å². The number of thioether (sulfide) groups is 1. The lowest BCUT2D eigenvalue weighted by Crippen LogP contribution is -2.32. The number of carbonyl (C=O) groups is 1. The lowest BCUT2D eigenvalue weighted by atomic mass is 10.1. The van der Waals surface area contributed by atoms with Gasteiger partial charge in [0.15, 0.2) is 11.5 Å². The highest BCUT2D eigenvalue weighted by atomic mass is 35.5. The van der Waals surface area contributed by atoms with Gasteiger partial charge in [0.25, 0.3) is 16.0 Å². The van der Waals surface area contributed by atoms with Gasteiger partial charge in [-0.05, 0) is 36.8 Å². The predicted molar refractivity (Wildman–Crippen MR) is 130 cm³/mol. The number of nitrogens with zero attached hydrogens (tertiary/aromatic N) is 1. The first-order chi connectivity index (χ1) is 15.2. The zero-order chi connectivity index (χ0) is 23.3. The minimum atomic E-state index is -4.20. The Morgan fingerprint density at radius 3 is 2.62 bits per heavy atom. The molecule has 0 radical (unpaired) electrons. The van der Waals surface area contributed by atoms with Crippen molar-refractivity contribution in [2.45, 2.75) is 13.5 Å². The van der Waals surface area contributed by atoms with E-state index in [1.807, 2.05) is 25.1 Å². The fourth-order valence-corrected chi connectivity index (χ4v) is 4.74. The highest BCUT2D eigenvalue weighted by molar-refractivity contribution is 8.26. The van der Waals surface area contributed by atoms with Crippen LogP contribution in [0.3, 0.4) is 0 Å². The normalized spacial score (nSPS) is 15.5. The predicted octanol–water partition coefficient (Wildman–Crippen LogP) is 4.41. The number of halogens is 1. The summed E-state index contributed by atoms with van der Waals surface area (Å²) in [6, 6.07) is 12.7. The van der Waals surface area contributed by atoms with Crippen LogP contribution in [-0.4, -0.2) is 47.0 Å². The lowest BCUT2D eigenvalue weighted by molar-refractivity contribution is -0.121. The van der Waals surface area contributed by atoms with Crippen molar-refractivity contribution in [3.8, 4) is 11.5 Å². The molecule has 3 rings (SSSR count). The van der Waals surface area contributed by atoms with Gasteiger partial charge in [-0.3, -0.25) is 14.2 Å². The molecule has 2 aromatic rings. The maximum Gasteiger partial charge on any atom is 0.266 e. The molecule has 11 heteroatoms. The summed E-state index contributed by atoms with van der Waals surface area (Å²) in [6.07, 6.45) is 1.65. The Bertz CT molecular complexity index is 1170. The second-order valence-corrected chi connectivity index (χ2v) is 10.3. The average Bonchev–Trinajstić information content (AvgIpc) is 2.99. The number of thiocarbonyl (C=S) groups is 1. The summed E-state index contributed by atoms with van der Waals surface area (Å²) in [5, 5.41) is 0.609. The Hall–Kier alpha value is -2.11. The number of carbonyl (C=O) groups excluding carboxylic acids is 1. The molecule has 170 valence electrons. The number of ether oxygens (including phenoxy) is 2. The third-order valence-electron chi connectivity index (χ3n) is 4.35. The molecule has 32 heavy (non-hydrogen) atoms. The van der Waals surface area contributed by atoms with Crippen molar-refractivity contribution in [1.82, 2.24) is 4.90 Å². The van der Waals surface area contributed by atoms with Gasteiger partial charge in [-0.25, -0.2) is 0 Å². The van der Waals surface area contributed by atoms with Crippen LogP contribution in [0.25, 0.3) is 6.08 Å². The van der Waals surface area contributed by atoms with E-state index in [9.17, 15) is 13.2 Å². The third-order valence-corrected chi connectivity index (χ3v) is 6.80. The fourth-order valence-electron chi connectivity index (χ4n) is 2.82. The van der Waals surface area contributed by atoms with Crippen LogP contribution < -0.4 is 9.47 Å². The van der Waals surface area contributed by atoms with E-state index in [2.05, 4.69) is 0 Å². The Morgan fingerprint density at radius 1 is 1.19 bits per heavy atom. The molecule has 1 aliphatic heterocycles. The summed E-state index contributed by atoms with van der Waals surface area (Å²) in [4.78, 5) is 14.1. The van der Waals surface area contributed by atoms with Gasteiger partial charge in [-0.1, -0.05) is 59.8 Å². The minimum absolute atomic E-state index is 0.208. The summed E-state index contributed by atoms with van der Waals surface area (Å²) >= 11 is 12.4. The van der Waals surface area contributed by atoms with Crippen LogP contribution in [0.4, 0.5) is 0 Å². The van der Waals surface area contributed by atoms with E-state index in [1.54, 1.807) is 30.3 Å². The molecule has 1 fully saturated rings. The topological polar surface area (TPSA) is 93.1 Å². The van der Waals surface area contributed by atoms with E-state index in [1.165, 1.54) is 0 Å². The second-order valence-electron chi connectivity index (χ2n) is 6.64. The molecule has 1 heterocycles. The lowest BCUT2D eigenvalue weighted by Gasteiger charge is -2.13. The molecule has 2 aromatic carbocycles. The molecule has 7 nitrogen and oxygen atoms in total. The molecular formula is C21H20ClNO6S3. The average molecular weight is 514 g/mol. The van der Waals surface area contributed by atoms with Crippen molar-refractivity contribution >= 4 is 62.0 Å². The molecule has 0 spiro atoms. The van der Waals surface area contributed by atoms with Gasteiger partial charge >= 0.3 is 0 Å². The largest absolute Gasteiger partial charge is 0.490 e. The van der Waals surface area contributed by atoms with Crippen LogP contribution in [0.5, 0.6) is 11.5 Å². The van der Waals surface area contributed by atoms with Gasteiger partial charge in [0, 0.05) is 17.1 Å². The molecule has 0 unspecified atom stereocenters. The first kappa shape index (κ1) is 24.5. The standard InChI is InChI=1S/C21H20ClNO6S3/c1-2-28-18-11-14(7-8-17(18)29-13-15-5-3-4-6-16(15)22)12-19-20(24)23(21(30)31-19)9-10-32(25,26)27/h3-8,11-12H,2,9-10,13H2,1H3,(H,25,26,27)/b19-12-. The SMILES string of the molecule is CCOc1cc(/C=C2\SC(=S)N(CCS(=O)(=O)O)C2=O)ccc1OCc1ccccc1Cl. The van der Waals surface area contributed by atoms with E-state index < -0.39 is 21.8 Å². The van der Waals surface area contributed by atoms with Crippen LogP contribution in [0.1, 0.15) is 18.1 Å². The van der Waals surface area contributed by atoms with Crippen molar-refractivity contribution in [2.24, 2.45) is 0 Å². The van der Waals surface area contributed by atoms with E-state index in [0.29, 0.717) is 33.6 Å². The van der Waals surface area contributed by atoms with E-state index >= 15 is 0 Å². The highest BCUT2D eigenvalue weighted by Crippen LogP contribution is 2.35. The zero-order valence-electron chi connectivity index (χ0n) is 17.0. The van der Waals surface area contributed by atoms with Gasteiger partial charge in [0.2, 0.25) is 0 Å². The quantitative estimate of drug-likeness (QED) is 0.299. The number of benzene rings is 2. The van der Waals surface area contributed by atoms with Gasteiger partial charge in [-0.2, -0.15) is 8.42 Å². The van der Waals surface area contributed by atoms with Crippen molar-refractivity contribution < 1.29 is 27.2 Å². The smallest absolute Gasteiger partial charge is 0.266 e. The molecule has 0 aromatic heterocycles. The number of hydrogen-bond acceptors (Lipinski definition) is 7. The van der Waals surface area contributed by atoms with Crippen LogP contribution in [0.2, 0.25) is 5.02 Å². The van der Waals surface area contributed by atoms with Gasteiger partial charge in [0.1, 0.15) is 10.9 Å².